The van der Waals surface area contributed by atoms with E-state index in [1.165, 1.54) is 12.1 Å². The Morgan fingerprint density at radius 1 is 1.15 bits per heavy atom. The lowest BCUT2D eigenvalue weighted by molar-refractivity contribution is 0.0982. The van der Waals surface area contributed by atoms with Gasteiger partial charge in [0.2, 0.25) is 0 Å². The average Bonchev–Trinajstić information content (AvgIpc) is 2.35. The van der Waals surface area contributed by atoms with Gasteiger partial charge in [0, 0.05) is 17.0 Å². The van der Waals surface area contributed by atoms with Crippen molar-refractivity contribution in [2.24, 2.45) is 0 Å². The summed E-state index contributed by atoms with van der Waals surface area (Å²) in [7, 11) is 0. The molecule has 0 saturated heterocycles. The van der Waals surface area contributed by atoms with Crippen LogP contribution in [0.5, 0.6) is 0 Å². The van der Waals surface area contributed by atoms with Crippen molar-refractivity contribution in [2.45, 2.75) is 26.7 Å². The van der Waals surface area contributed by atoms with E-state index in [2.05, 4.69) is 0 Å². The van der Waals surface area contributed by atoms with Crippen LogP contribution in [0.2, 0.25) is 5.02 Å². The molecule has 0 radical (unpaired) electrons. The summed E-state index contributed by atoms with van der Waals surface area (Å²) in [4.78, 5) is 12.2. The second kappa shape index (κ2) is 6.19. The first-order valence-electron chi connectivity index (χ1n) is 6.51. The molecule has 3 heteroatoms. The first-order chi connectivity index (χ1) is 9.45. The van der Waals surface area contributed by atoms with Crippen molar-refractivity contribution >= 4 is 17.4 Å². The van der Waals surface area contributed by atoms with Crippen LogP contribution in [-0.4, -0.2) is 5.78 Å². The first-order valence-corrected chi connectivity index (χ1v) is 6.89. The van der Waals surface area contributed by atoms with Crippen LogP contribution in [0.15, 0.2) is 36.4 Å². The Bertz CT molecular complexity index is 629. The summed E-state index contributed by atoms with van der Waals surface area (Å²) in [5.74, 6) is -0.297. The van der Waals surface area contributed by atoms with Crippen molar-refractivity contribution in [2.75, 3.05) is 0 Å². The predicted octanol–water partition coefficient (Wildman–Crippen LogP) is 4.91. The minimum atomic E-state index is -0.369. The van der Waals surface area contributed by atoms with E-state index in [9.17, 15) is 9.18 Å². The molecule has 2 rings (SSSR count). The quantitative estimate of drug-likeness (QED) is 0.731. The summed E-state index contributed by atoms with van der Waals surface area (Å²) >= 11 is 5.80. The third-order valence-corrected chi connectivity index (χ3v) is 3.46. The second-order valence-corrected chi connectivity index (χ2v) is 5.46. The molecule has 0 aliphatic rings. The van der Waals surface area contributed by atoms with E-state index < -0.39 is 0 Å². The normalized spacial score (nSPS) is 10.6. The second-order valence-electron chi connectivity index (χ2n) is 5.02. The van der Waals surface area contributed by atoms with Crippen LogP contribution in [-0.2, 0) is 6.42 Å². The van der Waals surface area contributed by atoms with Gasteiger partial charge < -0.3 is 0 Å². The van der Waals surface area contributed by atoms with Gasteiger partial charge in [-0.2, -0.15) is 0 Å². The lowest BCUT2D eigenvalue weighted by Crippen LogP contribution is -2.04. The molecular formula is C17H16ClFO. The molecule has 0 amide bonds. The van der Waals surface area contributed by atoms with E-state index in [4.69, 9.17) is 11.6 Å². The van der Waals surface area contributed by atoms with Gasteiger partial charge in [0.25, 0.3) is 0 Å². The van der Waals surface area contributed by atoms with Gasteiger partial charge in [-0.15, -0.1) is 0 Å². The van der Waals surface area contributed by atoms with Crippen molar-refractivity contribution in [1.82, 2.24) is 0 Å². The molecular weight excluding hydrogens is 275 g/mol. The number of Topliss-reactive ketones (excluding diaryl/α,β-unsaturated/α-hetero) is 1. The van der Waals surface area contributed by atoms with E-state index in [1.807, 2.05) is 32.0 Å². The number of halogens is 2. The number of hydrogen-bond donors (Lipinski definition) is 0. The topological polar surface area (TPSA) is 17.1 Å². The maximum Gasteiger partial charge on any atom is 0.163 e. The molecule has 0 aliphatic carbocycles. The summed E-state index contributed by atoms with van der Waals surface area (Å²) < 4.78 is 13.2. The molecule has 1 nitrogen and oxygen atoms in total. The molecule has 0 unspecified atom stereocenters. The van der Waals surface area contributed by atoms with Crippen molar-refractivity contribution in [3.05, 3.63) is 69.5 Å². The summed E-state index contributed by atoms with van der Waals surface area (Å²) in [5, 5.41) is 0.360. The zero-order valence-corrected chi connectivity index (χ0v) is 12.3. The monoisotopic (exact) mass is 290 g/mol. The first kappa shape index (κ1) is 14.7. The van der Waals surface area contributed by atoms with Crippen LogP contribution < -0.4 is 0 Å². The van der Waals surface area contributed by atoms with E-state index in [-0.39, 0.29) is 11.6 Å². The molecule has 0 fully saturated rings. The number of rotatable bonds is 4. The fourth-order valence-corrected chi connectivity index (χ4v) is 2.52. The number of benzene rings is 2. The highest BCUT2D eigenvalue weighted by Crippen LogP contribution is 2.18. The highest BCUT2D eigenvalue weighted by atomic mass is 35.5. The molecule has 104 valence electrons. The number of carbonyl (C=O) groups excluding carboxylic acids is 1. The molecule has 2 aromatic rings. The molecule has 2 aromatic carbocycles. The highest BCUT2D eigenvalue weighted by Gasteiger charge is 2.10. The molecule has 20 heavy (non-hydrogen) atoms. The molecule has 0 heterocycles. The van der Waals surface area contributed by atoms with Crippen molar-refractivity contribution in [1.29, 1.82) is 0 Å². The number of ketones is 1. The third-order valence-electron chi connectivity index (χ3n) is 3.25. The Morgan fingerprint density at radius 2 is 1.90 bits per heavy atom. The van der Waals surface area contributed by atoms with E-state index >= 15 is 0 Å². The molecule has 0 atom stereocenters. The SMILES string of the molecule is Cc1ccc(C(=O)CCc2cc(F)cc(Cl)c2)c(C)c1. The molecule has 0 aromatic heterocycles. The molecule has 0 aliphatic heterocycles. The van der Waals surface area contributed by atoms with Crippen molar-refractivity contribution < 1.29 is 9.18 Å². The van der Waals surface area contributed by atoms with Crippen LogP contribution in [0.4, 0.5) is 4.39 Å². The minimum Gasteiger partial charge on any atom is -0.294 e. The van der Waals surface area contributed by atoms with Gasteiger partial charge in [0.1, 0.15) is 5.82 Å². The van der Waals surface area contributed by atoms with Crippen molar-refractivity contribution in [3.63, 3.8) is 0 Å². The van der Waals surface area contributed by atoms with Gasteiger partial charge in [-0.3, -0.25) is 4.79 Å². The van der Waals surface area contributed by atoms with E-state index in [1.54, 1.807) is 6.07 Å². The van der Waals surface area contributed by atoms with Gasteiger partial charge in [-0.25, -0.2) is 4.39 Å². The van der Waals surface area contributed by atoms with E-state index in [0.717, 1.165) is 22.3 Å². The van der Waals surface area contributed by atoms with Gasteiger partial charge >= 0.3 is 0 Å². The van der Waals surface area contributed by atoms with Crippen LogP contribution in [0, 0.1) is 19.7 Å². The lowest BCUT2D eigenvalue weighted by atomic mass is 9.98. The third kappa shape index (κ3) is 3.67. The summed E-state index contributed by atoms with van der Waals surface area (Å²) in [6.45, 7) is 3.93. The maximum absolute atomic E-state index is 13.2. The zero-order valence-electron chi connectivity index (χ0n) is 11.5. The minimum absolute atomic E-state index is 0.0721. The van der Waals surface area contributed by atoms with Crippen molar-refractivity contribution in [3.8, 4) is 0 Å². The Balaban J connectivity index is 2.08. The number of hydrogen-bond acceptors (Lipinski definition) is 1. The predicted molar refractivity (Wildman–Crippen MR) is 80.0 cm³/mol. The Kier molecular flexibility index (Phi) is 4.56. The number of carbonyl (C=O) groups is 1. The Morgan fingerprint density at radius 3 is 2.55 bits per heavy atom. The van der Waals surface area contributed by atoms with Crippen LogP contribution in [0.3, 0.4) is 0 Å². The summed E-state index contributed by atoms with van der Waals surface area (Å²) in [6.07, 6.45) is 0.841. The summed E-state index contributed by atoms with van der Waals surface area (Å²) in [6, 6.07) is 10.1. The highest BCUT2D eigenvalue weighted by molar-refractivity contribution is 6.30. The van der Waals surface area contributed by atoms with Gasteiger partial charge in [0.15, 0.2) is 5.78 Å². The fraction of sp³-hybridized carbons (Fsp3) is 0.235. The van der Waals surface area contributed by atoms with Gasteiger partial charge in [-0.05, 0) is 49.6 Å². The van der Waals surface area contributed by atoms with Crippen LogP contribution in [0.1, 0.15) is 33.5 Å². The lowest BCUT2D eigenvalue weighted by Gasteiger charge is -2.06. The smallest absolute Gasteiger partial charge is 0.163 e. The molecule has 0 N–H and O–H groups in total. The maximum atomic E-state index is 13.2. The standard InChI is InChI=1S/C17H16ClFO/c1-11-3-5-16(12(2)7-11)17(20)6-4-13-8-14(18)10-15(19)9-13/h3,5,7-10H,4,6H2,1-2H3. The molecule has 0 bridgehead atoms. The fourth-order valence-electron chi connectivity index (χ4n) is 2.27. The Labute approximate surface area is 123 Å². The summed E-state index contributed by atoms with van der Waals surface area (Å²) in [5.41, 5.74) is 3.59. The van der Waals surface area contributed by atoms with E-state index in [0.29, 0.717) is 17.9 Å². The van der Waals surface area contributed by atoms with Crippen LogP contribution >= 0.6 is 11.6 Å². The zero-order chi connectivity index (χ0) is 14.7. The largest absolute Gasteiger partial charge is 0.294 e. The van der Waals surface area contributed by atoms with Gasteiger partial charge in [-0.1, -0.05) is 35.4 Å². The Hall–Kier alpha value is -1.67. The van der Waals surface area contributed by atoms with Crippen LogP contribution in [0.25, 0.3) is 0 Å². The number of aryl methyl sites for hydroxylation is 3. The average molecular weight is 291 g/mol. The molecule has 0 saturated carbocycles. The molecule has 0 spiro atoms. The van der Waals surface area contributed by atoms with Gasteiger partial charge in [0.05, 0.1) is 0 Å².